The van der Waals surface area contributed by atoms with Crippen molar-refractivity contribution in [1.82, 2.24) is 15.3 Å². The maximum Gasteiger partial charge on any atom is 0.259 e. The van der Waals surface area contributed by atoms with E-state index in [0.29, 0.717) is 47.5 Å². The molecule has 0 radical (unpaired) electrons. The quantitative estimate of drug-likeness (QED) is 0.421. The minimum absolute atomic E-state index is 0.0448. The average Bonchev–Trinajstić information content (AvgIpc) is 3.40. The smallest absolute Gasteiger partial charge is 0.259 e. The van der Waals surface area contributed by atoms with Gasteiger partial charge in [-0.1, -0.05) is 0 Å². The maximum atomic E-state index is 12.5. The first-order chi connectivity index (χ1) is 16.0. The molecule has 1 aliphatic carbocycles. The highest BCUT2D eigenvalue weighted by molar-refractivity contribution is 7.98. The number of aromatic amines is 1. The summed E-state index contributed by atoms with van der Waals surface area (Å²) < 4.78 is 16.0. The van der Waals surface area contributed by atoms with E-state index in [1.54, 1.807) is 56.6 Å². The second-order valence-corrected chi connectivity index (χ2v) is 9.84. The summed E-state index contributed by atoms with van der Waals surface area (Å²) in [6.45, 7) is 0.321. The lowest BCUT2D eigenvalue weighted by molar-refractivity contribution is -0.120. The molecule has 0 spiro atoms. The molecule has 2 heterocycles. The van der Waals surface area contributed by atoms with Gasteiger partial charge in [-0.15, -0.1) is 11.3 Å². The molecule has 0 saturated heterocycles. The number of nitrogens with zero attached hydrogens (tertiary/aromatic N) is 1. The molecule has 0 saturated carbocycles. The summed E-state index contributed by atoms with van der Waals surface area (Å²) in [5.41, 5.74) is 1.94. The van der Waals surface area contributed by atoms with Crippen molar-refractivity contribution < 1.29 is 19.0 Å². The summed E-state index contributed by atoms with van der Waals surface area (Å²) in [7, 11) is 4.70. The molecule has 0 atom stereocenters. The van der Waals surface area contributed by atoms with E-state index in [0.717, 1.165) is 35.0 Å². The summed E-state index contributed by atoms with van der Waals surface area (Å²) in [5.74, 6) is 3.54. The molecule has 2 aromatic heterocycles. The van der Waals surface area contributed by atoms with Gasteiger partial charge in [-0.05, 0) is 30.9 Å². The van der Waals surface area contributed by atoms with Crippen molar-refractivity contribution in [2.45, 2.75) is 38.0 Å². The minimum Gasteiger partial charge on any atom is -0.496 e. The van der Waals surface area contributed by atoms with Crippen molar-refractivity contribution in [2.24, 2.45) is 0 Å². The van der Waals surface area contributed by atoms with Gasteiger partial charge in [0.15, 0.2) is 11.5 Å². The number of hydrogen-bond donors (Lipinski definition) is 2. The van der Waals surface area contributed by atoms with Crippen molar-refractivity contribution >= 4 is 39.2 Å². The van der Waals surface area contributed by atoms with Crippen molar-refractivity contribution in [2.75, 3.05) is 27.1 Å². The van der Waals surface area contributed by atoms with E-state index >= 15 is 0 Å². The number of amides is 1. The molecule has 10 heteroatoms. The third kappa shape index (κ3) is 5.11. The molecular formula is C23H27N3O5S2. The van der Waals surface area contributed by atoms with Crippen LogP contribution in [0.15, 0.2) is 16.9 Å². The van der Waals surface area contributed by atoms with E-state index in [1.165, 1.54) is 10.4 Å². The second kappa shape index (κ2) is 10.5. The molecule has 1 amide bonds. The first kappa shape index (κ1) is 23.4. The van der Waals surface area contributed by atoms with E-state index in [9.17, 15) is 9.59 Å². The van der Waals surface area contributed by atoms with Crippen LogP contribution in [-0.2, 0) is 29.9 Å². The Labute approximate surface area is 200 Å². The summed E-state index contributed by atoms with van der Waals surface area (Å²) in [4.78, 5) is 34.5. The van der Waals surface area contributed by atoms with Gasteiger partial charge < -0.3 is 24.5 Å². The molecule has 0 unspecified atom stereocenters. The van der Waals surface area contributed by atoms with Crippen LogP contribution in [0.1, 0.15) is 34.7 Å². The Kier molecular flexibility index (Phi) is 7.44. The molecular weight excluding hydrogens is 462 g/mol. The highest BCUT2D eigenvalue weighted by Gasteiger charge is 2.21. The SMILES string of the molecule is COc1cc(OC)c(OC)cc1CNC(=O)CCSCc1nc2sc3c(c2c(=O)[nH]1)CCC3. The number of ether oxygens (including phenoxy) is 3. The molecule has 8 nitrogen and oxygen atoms in total. The van der Waals surface area contributed by atoms with Crippen LogP contribution in [0.4, 0.5) is 0 Å². The monoisotopic (exact) mass is 489 g/mol. The molecule has 4 rings (SSSR count). The van der Waals surface area contributed by atoms with E-state index in [4.69, 9.17) is 14.2 Å². The molecule has 1 aliphatic rings. The van der Waals surface area contributed by atoms with Gasteiger partial charge in [0.05, 0.1) is 32.5 Å². The number of carbonyl (C=O) groups is 1. The van der Waals surface area contributed by atoms with Crippen LogP contribution in [-0.4, -0.2) is 43.0 Å². The Morgan fingerprint density at radius 3 is 2.67 bits per heavy atom. The Balaban J connectivity index is 1.28. The van der Waals surface area contributed by atoms with Crippen molar-refractivity contribution in [3.8, 4) is 17.2 Å². The maximum absolute atomic E-state index is 12.5. The Morgan fingerprint density at radius 1 is 1.15 bits per heavy atom. The van der Waals surface area contributed by atoms with Crippen LogP contribution in [0, 0.1) is 0 Å². The highest BCUT2D eigenvalue weighted by atomic mass is 32.2. The molecule has 33 heavy (non-hydrogen) atoms. The molecule has 176 valence electrons. The normalized spacial score (nSPS) is 12.6. The van der Waals surface area contributed by atoms with Gasteiger partial charge in [-0.2, -0.15) is 11.8 Å². The zero-order valence-electron chi connectivity index (χ0n) is 18.9. The Hall–Kier alpha value is -2.72. The number of thiophene rings is 1. The fraction of sp³-hybridized carbons (Fsp3) is 0.435. The first-order valence-corrected chi connectivity index (χ1v) is 12.7. The van der Waals surface area contributed by atoms with Gasteiger partial charge in [-0.25, -0.2) is 4.98 Å². The predicted molar refractivity (Wildman–Crippen MR) is 131 cm³/mol. The van der Waals surface area contributed by atoms with Crippen LogP contribution >= 0.6 is 23.1 Å². The first-order valence-electron chi connectivity index (χ1n) is 10.7. The Morgan fingerprint density at radius 2 is 1.91 bits per heavy atom. The highest BCUT2D eigenvalue weighted by Crippen LogP contribution is 2.35. The third-order valence-electron chi connectivity index (χ3n) is 5.60. The van der Waals surface area contributed by atoms with E-state index < -0.39 is 0 Å². The molecule has 2 N–H and O–H groups in total. The van der Waals surface area contributed by atoms with Gasteiger partial charge in [0.1, 0.15) is 16.4 Å². The number of carbonyl (C=O) groups excluding carboxylic acids is 1. The largest absolute Gasteiger partial charge is 0.496 e. The standard InChI is InChI=1S/C23H27N3O5S2/c1-29-15-10-17(31-3)16(30-2)9-13(15)11-24-20(27)7-8-32-12-19-25-22(28)21-14-5-4-6-18(14)33-23(21)26-19/h9-10H,4-8,11-12H2,1-3H3,(H,24,27)(H,25,26,28). The second-order valence-electron chi connectivity index (χ2n) is 7.65. The van der Waals surface area contributed by atoms with Gasteiger partial charge >= 0.3 is 0 Å². The number of fused-ring (bicyclic) bond motifs is 3. The van der Waals surface area contributed by atoms with Crippen molar-refractivity contribution in [3.63, 3.8) is 0 Å². The lowest BCUT2D eigenvalue weighted by Gasteiger charge is -2.14. The lowest BCUT2D eigenvalue weighted by Crippen LogP contribution is -2.23. The number of thioether (sulfide) groups is 1. The fourth-order valence-corrected chi connectivity index (χ4v) is 6.05. The molecule has 3 aromatic rings. The van der Waals surface area contributed by atoms with E-state index in [2.05, 4.69) is 15.3 Å². The molecule has 0 bridgehead atoms. The topological polar surface area (TPSA) is 103 Å². The average molecular weight is 490 g/mol. The number of rotatable bonds is 10. The third-order valence-corrected chi connectivity index (χ3v) is 7.75. The molecule has 0 aliphatic heterocycles. The number of benzene rings is 1. The molecule has 1 aromatic carbocycles. The number of aromatic nitrogens is 2. The number of aryl methyl sites for hydroxylation is 2. The van der Waals surface area contributed by atoms with Crippen LogP contribution in [0.3, 0.4) is 0 Å². The van der Waals surface area contributed by atoms with E-state index in [1.807, 2.05) is 0 Å². The minimum atomic E-state index is -0.0640. The molecule has 0 fully saturated rings. The number of H-pyrrole nitrogens is 1. The zero-order valence-corrected chi connectivity index (χ0v) is 20.5. The number of hydrogen-bond acceptors (Lipinski definition) is 8. The van der Waals surface area contributed by atoms with Crippen molar-refractivity contribution in [1.29, 1.82) is 0 Å². The summed E-state index contributed by atoms with van der Waals surface area (Å²) >= 11 is 3.21. The van der Waals surface area contributed by atoms with Crippen LogP contribution < -0.4 is 25.1 Å². The van der Waals surface area contributed by atoms with E-state index in [-0.39, 0.29) is 11.5 Å². The van der Waals surface area contributed by atoms with Crippen LogP contribution in [0.25, 0.3) is 10.2 Å². The number of nitrogens with one attached hydrogen (secondary N) is 2. The predicted octanol–water partition coefficient (Wildman–Crippen LogP) is 3.44. The van der Waals surface area contributed by atoms with Crippen molar-refractivity contribution in [3.05, 3.63) is 44.3 Å². The van der Waals surface area contributed by atoms with Gasteiger partial charge in [-0.3, -0.25) is 9.59 Å². The van der Waals surface area contributed by atoms with Crippen LogP contribution in [0.5, 0.6) is 17.2 Å². The lowest BCUT2D eigenvalue weighted by atomic mass is 10.1. The summed E-state index contributed by atoms with van der Waals surface area (Å²) in [5, 5.41) is 3.69. The van der Waals surface area contributed by atoms with Gasteiger partial charge in [0.2, 0.25) is 5.91 Å². The number of methoxy groups -OCH3 is 3. The zero-order chi connectivity index (χ0) is 23.4. The Bertz CT molecular complexity index is 1220. The summed E-state index contributed by atoms with van der Waals surface area (Å²) in [6.07, 6.45) is 3.50. The van der Waals surface area contributed by atoms with Gasteiger partial charge in [0, 0.05) is 35.2 Å². The van der Waals surface area contributed by atoms with Crippen LogP contribution in [0.2, 0.25) is 0 Å². The fourth-order valence-electron chi connectivity index (χ4n) is 3.96. The summed E-state index contributed by atoms with van der Waals surface area (Å²) in [6, 6.07) is 3.54. The van der Waals surface area contributed by atoms with Gasteiger partial charge in [0.25, 0.3) is 5.56 Å².